The van der Waals surface area contributed by atoms with Crippen LogP contribution < -0.4 is 9.03 Å². The van der Waals surface area contributed by atoms with Gasteiger partial charge in [-0.3, -0.25) is 9.03 Å². The third-order valence-corrected chi connectivity index (χ3v) is 12.0. The second-order valence-electron chi connectivity index (χ2n) is 9.07. The molecule has 1 fully saturated rings. The van der Waals surface area contributed by atoms with Crippen LogP contribution in [-0.4, -0.2) is 76.2 Å². The van der Waals surface area contributed by atoms with Gasteiger partial charge in [-0.25, -0.2) is 34.8 Å². The fraction of sp³-hybridized carbons (Fsp3) is 0.167. The summed E-state index contributed by atoms with van der Waals surface area (Å²) < 4.78 is 81.0. The van der Waals surface area contributed by atoms with Crippen LogP contribution in [0.3, 0.4) is 0 Å². The number of aliphatic hydroxyl groups excluding tert-OH is 1. The lowest BCUT2D eigenvalue weighted by molar-refractivity contribution is 0.0685. The summed E-state index contributed by atoms with van der Waals surface area (Å²) in [5, 5.41) is 28.4. The van der Waals surface area contributed by atoms with Gasteiger partial charge in [0, 0.05) is 5.69 Å². The molecule has 3 aromatic carbocycles. The van der Waals surface area contributed by atoms with Crippen LogP contribution >= 0.6 is 23.2 Å². The molecule has 0 aromatic heterocycles. The van der Waals surface area contributed by atoms with E-state index in [0.717, 1.165) is 60.7 Å². The van der Waals surface area contributed by atoms with Crippen LogP contribution in [0.15, 0.2) is 70.5 Å². The fourth-order valence-electron chi connectivity index (χ4n) is 4.21. The van der Waals surface area contributed by atoms with Crippen molar-refractivity contribution in [2.24, 2.45) is 0 Å². The van der Waals surface area contributed by atoms with E-state index in [0.29, 0.717) is 4.31 Å². The number of rotatable bonds is 9. The first-order valence-corrected chi connectivity index (χ1v) is 17.0. The molecule has 18 heteroatoms. The first-order chi connectivity index (χ1) is 19.4. The quantitative estimate of drug-likeness (QED) is 0.258. The Morgan fingerprint density at radius 2 is 1.31 bits per heavy atom. The maximum Gasteiger partial charge on any atom is 0.335 e. The number of hydrogen-bond acceptors (Lipinski definition) is 9. The summed E-state index contributed by atoms with van der Waals surface area (Å²) in [6.45, 7) is 0. The lowest BCUT2D eigenvalue weighted by Gasteiger charge is -2.32. The van der Waals surface area contributed by atoms with Gasteiger partial charge in [-0.15, -0.1) is 0 Å². The molecule has 1 aliphatic rings. The van der Waals surface area contributed by atoms with Crippen LogP contribution in [0.1, 0.15) is 20.7 Å². The maximum atomic E-state index is 13.9. The molecule has 0 bridgehead atoms. The number of nitrogens with zero attached hydrogens (tertiary/aromatic N) is 1. The first kappa shape index (κ1) is 31.5. The van der Waals surface area contributed by atoms with E-state index in [4.69, 9.17) is 23.2 Å². The minimum absolute atomic E-state index is 0.113. The zero-order chi connectivity index (χ0) is 31.2. The number of aromatic carboxylic acids is 2. The average molecular weight is 680 g/mol. The summed E-state index contributed by atoms with van der Waals surface area (Å²) in [7, 11) is -13.1. The normalized spacial score (nSPS) is 18.4. The number of halogens is 2. The highest BCUT2D eigenvalue weighted by Gasteiger charge is 2.45. The summed E-state index contributed by atoms with van der Waals surface area (Å²) in [5.41, 5.74) is -1.08. The molecule has 0 spiro atoms. The Labute approximate surface area is 249 Å². The molecule has 1 heterocycles. The number of aliphatic hydroxyl groups is 1. The number of nitrogens with one attached hydrogen (secondary N) is 1. The number of hydrogen-bond donors (Lipinski definition) is 4. The largest absolute Gasteiger partial charge is 0.478 e. The molecule has 224 valence electrons. The second-order valence-corrected chi connectivity index (χ2v) is 15.5. The summed E-state index contributed by atoms with van der Waals surface area (Å²) in [6.07, 6.45) is -1.66. The van der Waals surface area contributed by atoms with E-state index >= 15 is 0 Å². The van der Waals surface area contributed by atoms with Crippen LogP contribution in [0.4, 0.5) is 11.4 Å². The predicted molar refractivity (Wildman–Crippen MR) is 152 cm³/mol. The molecule has 1 saturated heterocycles. The van der Waals surface area contributed by atoms with Crippen molar-refractivity contribution in [2.75, 3.05) is 20.5 Å². The number of carbonyl (C=O) groups is 2. The number of benzene rings is 3. The Hall–Kier alpha value is -3.41. The molecule has 13 nitrogen and oxygen atoms in total. The highest BCUT2D eigenvalue weighted by Crippen LogP contribution is 2.35. The molecular formula is C24H20Cl2N2O11S3. The Morgan fingerprint density at radius 3 is 1.79 bits per heavy atom. The molecule has 0 radical (unpaired) electrons. The van der Waals surface area contributed by atoms with E-state index in [1.54, 1.807) is 0 Å². The zero-order valence-electron chi connectivity index (χ0n) is 20.9. The Morgan fingerprint density at radius 1 is 0.810 bits per heavy atom. The SMILES string of the molecule is O=C(O)c1ccc(Cl)c(S(=O)(=O)Nc2ccc(N([C@@H]3CS(=O)(=O)C[C@H]3O)S(=O)(=O)c3cc(C(=O)O)ccc3Cl)cc2)c1. The summed E-state index contributed by atoms with van der Waals surface area (Å²) >= 11 is 12.1. The van der Waals surface area contributed by atoms with Crippen molar-refractivity contribution in [2.45, 2.75) is 21.9 Å². The fourth-order valence-corrected chi connectivity index (χ4v) is 9.84. The molecule has 0 amide bonds. The molecular weight excluding hydrogens is 659 g/mol. The van der Waals surface area contributed by atoms with Gasteiger partial charge in [0.1, 0.15) is 9.79 Å². The van der Waals surface area contributed by atoms with Gasteiger partial charge in [-0.1, -0.05) is 23.2 Å². The highest BCUT2D eigenvalue weighted by molar-refractivity contribution is 7.94. The van der Waals surface area contributed by atoms with Gasteiger partial charge in [0.05, 0.1) is 50.5 Å². The third-order valence-electron chi connectivity index (χ3n) is 6.15. The number of carboxylic acids is 2. The van der Waals surface area contributed by atoms with Gasteiger partial charge >= 0.3 is 11.9 Å². The van der Waals surface area contributed by atoms with Crippen molar-refractivity contribution >= 4 is 76.4 Å². The average Bonchev–Trinajstić information content (AvgIpc) is 3.16. The van der Waals surface area contributed by atoms with Gasteiger partial charge in [-0.2, -0.15) is 0 Å². The van der Waals surface area contributed by atoms with E-state index in [-0.39, 0.29) is 27.0 Å². The topological polar surface area (TPSA) is 213 Å². The Bertz CT molecular complexity index is 1910. The van der Waals surface area contributed by atoms with Crippen LogP contribution in [0.2, 0.25) is 10.0 Å². The van der Waals surface area contributed by atoms with E-state index in [2.05, 4.69) is 4.72 Å². The molecule has 4 rings (SSSR count). The molecule has 2 atom stereocenters. The smallest absolute Gasteiger partial charge is 0.335 e. The molecule has 0 aliphatic carbocycles. The summed E-state index contributed by atoms with van der Waals surface area (Å²) in [4.78, 5) is 21.6. The highest BCUT2D eigenvalue weighted by atomic mass is 35.5. The molecule has 0 unspecified atom stereocenters. The summed E-state index contributed by atoms with van der Waals surface area (Å²) in [5.74, 6) is -4.35. The number of sulfone groups is 1. The first-order valence-electron chi connectivity index (χ1n) is 11.5. The molecule has 3 aromatic rings. The van der Waals surface area contributed by atoms with Gasteiger partial charge in [0.2, 0.25) is 0 Å². The van der Waals surface area contributed by atoms with Gasteiger partial charge in [0.25, 0.3) is 20.0 Å². The zero-order valence-corrected chi connectivity index (χ0v) is 24.8. The molecule has 4 N–H and O–H groups in total. The lowest BCUT2D eigenvalue weighted by Crippen LogP contribution is -2.47. The van der Waals surface area contributed by atoms with Crippen molar-refractivity contribution in [3.63, 3.8) is 0 Å². The van der Waals surface area contributed by atoms with Gasteiger partial charge in [0.15, 0.2) is 9.84 Å². The molecule has 0 saturated carbocycles. The van der Waals surface area contributed by atoms with E-state index in [1.807, 2.05) is 0 Å². The van der Waals surface area contributed by atoms with Crippen molar-refractivity contribution in [3.8, 4) is 0 Å². The van der Waals surface area contributed by atoms with Crippen LogP contribution in [0.25, 0.3) is 0 Å². The van der Waals surface area contributed by atoms with Crippen molar-refractivity contribution < 1.29 is 50.2 Å². The Balaban J connectivity index is 1.77. The molecule has 42 heavy (non-hydrogen) atoms. The van der Waals surface area contributed by atoms with E-state index in [1.165, 1.54) is 0 Å². The maximum absolute atomic E-state index is 13.9. The van der Waals surface area contributed by atoms with Crippen molar-refractivity contribution in [3.05, 3.63) is 81.8 Å². The van der Waals surface area contributed by atoms with Gasteiger partial charge < -0.3 is 15.3 Å². The van der Waals surface area contributed by atoms with Crippen LogP contribution in [0.5, 0.6) is 0 Å². The minimum atomic E-state index is -4.81. The number of sulfonamides is 2. The monoisotopic (exact) mass is 678 g/mol. The second kappa shape index (κ2) is 11.3. The van der Waals surface area contributed by atoms with Crippen LogP contribution in [0, 0.1) is 0 Å². The van der Waals surface area contributed by atoms with E-state index in [9.17, 15) is 50.2 Å². The number of anilines is 2. The minimum Gasteiger partial charge on any atom is -0.478 e. The Kier molecular flexibility index (Phi) is 8.52. The summed E-state index contributed by atoms with van der Waals surface area (Å²) in [6, 6.07) is 8.94. The third kappa shape index (κ3) is 6.33. The van der Waals surface area contributed by atoms with Gasteiger partial charge in [-0.05, 0) is 60.7 Å². The number of carboxylic acid groups (broad SMARTS) is 2. The lowest BCUT2D eigenvalue weighted by atomic mass is 10.2. The van der Waals surface area contributed by atoms with Crippen molar-refractivity contribution in [1.82, 2.24) is 0 Å². The predicted octanol–water partition coefficient (Wildman–Crippen LogP) is 2.54. The van der Waals surface area contributed by atoms with Crippen molar-refractivity contribution in [1.29, 1.82) is 0 Å². The van der Waals surface area contributed by atoms with E-state index < -0.39 is 80.8 Å². The van der Waals surface area contributed by atoms with Crippen LogP contribution in [-0.2, 0) is 29.9 Å². The molecule has 1 aliphatic heterocycles. The standard InChI is InChI=1S/C24H20Cl2N2O11S3/c25-17-7-1-13(23(30)31)9-21(17)41(36,37)27-15-3-5-16(6-4-15)28(19-11-40(34,35)12-20(19)29)42(38,39)22-10-14(24(32)33)2-8-18(22)26/h1-10,19-20,27,29H,11-12H2,(H,30,31)(H,32,33)/t19-,20-/m1/s1.